The number of nitrogens with two attached hydrogens (primary N) is 1. The SMILES string of the molecule is Nc1ncnn1C(=O)/C=C/c1ccccc1. The van der Waals surface area contributed by atoms with Gasteiger partial charge in [-0.25, -0.2) is 0 Å². The van der Waals surface area contributed by atoms with Gasteiger partial charge in [0, 0.05) is 6.08 Å². The van der Waals surface area contributed by atoms with Crippen molar-refractivity contribution >= 4 is 17.9 Å². The highest BCUT2D eigenvalue weighted by Gasteiger charge is 2.05. The van der Waals surface area contributed by atoms with Gasteiger partial charge in [0.1, 0.15) is 6.33 Å². The summed E-state index contributed by atoms with van der Waals surface area (Å²) in [6, 6.07) is 9.50. The Morgan fingerprint density at radius 2 is 2.06 bits per heavy atom. The van der Waals surface area contributed by atoms with Gasteiger partial charge in [-0.15, -0.1) is 0 Å². The summed E-state index contributed by atoms with van der Waals surface area (Å²) in [7, 11) is 0. The van der Waals surface area contributed by atoms with Gasteiger partial charge in [-0.1, -0.05) is 30.3 Å². The molecular formula is C11H10N4O. The largest absolute Gasteiger partial charge is 0.368 e. The number of nitrogen functional groups attached to an aromatic ring is 1. The van der Waals surface area contributed by atoms with E-state index in [-0.39, 0.29) is 11.9 Å². The first-order valence-corrected chi connectivity index (χ1v) is 4.70. The molecule has 0 radical (unpaired) electrons. The molecule has 0 saturated heterocycles. The van der Waals surface area contributed by atoms with Crippen LogP contribution in [0.5, 0.6) is 0 Å². The number of rotatable bonds is 2. The lowest BCUT2D eigenvalue weighted by atomic mass is 10.2. The van der Waals surface area contributed by atoms with Gasteiger partial charge < -0.3 is 5.73 Å². The third-order valence-electron chi connectivity index (χ3n) is 2.00. The van der Waals surface area contributed by atoms with E-state index >= 15 is 0 Å². The van der Waals surface area contributed by atoms with Crippen LogP contribution in [0.1, 0.15) is 10.4 Å². The molecule has 1 aromatic carbocycles. The summed E-state index contributed by atoms with van der Waals surface area (Å²) in [6.07, 6.45) is 4.34. The molecule has 80 valence electrons. The molecule has 0 amide bonds. The Hall–Kier alpha value is -2.43. The van der Waals surface area contributed by atoms with E-state index in [1.165, 1.54) is 12.4 Å². The Kier molecular flexibility index (Phi) is 2.77. The van der Waals surface area contributed by atoms with E-state index < -0.39 is 0 Å². The fraction of sp³-hybridized carbons (Fsp3) is 0. The molecule has 0 aliphatic rings. The Labute approximate surface area is 92.2 Å². The first kappa shape index (κ1) is 10.1. The van der Waals surface area contributed by atoms with Crippen molar-refractivity contribution in [2.75, 3.05) is 5.73 Å². The minimum atomic E-state index is -0.321. The summed E-state index contributed by atoms with van der Waals surface area (Å²) in [5.41, 5.74) is 6.38. The molecular weight excluding hydrogens is 204 g/mol. The average Bonchev–Trinajstić information content (AvgIpc) is 2.74. The molecule has 1 heterocycles. The van der Waals surface area contributed by atoms with Crippen molar-refractivity contribution in [1.29, 1.82) is 0 Å². The first-order valence-electron chi connectivity index (χ1n) is 4.70. The number of carbonyl (C=O) groups is 1. The fourth-order valence-electron chi connectivity index (χ4n) is 1.22. The lowest BCUT2D eigenvalue weighted by Gasteiger charge is -1.95. The van der Waals surface area contributed by atoms with E-state index in [0.29, 0.717) is 0 Å². The summed E-state index contributed by atoms with van der Waals surface area (Å²) in [5, 5.41) is 3.71. The molecule has 2 aromatic rings. The van der Waals surface area contributed by atoms with Gasteiger partial charge in [-0.3, -0.25) is 4.79 Å². The molecule has 5 heteroatoms. The number of allylic oxidation sites excluding steroid dienone is 1. The number of hydrogen-bond acceptors (Lipinski definition) is 4. The fourth-order valence-corrected chi connectivity index (χ4v) is 1.22. The quantitative estimate of drug-likeness (QED) is 0.762. The lowest BCUT2D eigenvalue weighted by Crippen LogP contribution is -2.12. The second-order valence-corrected chi connectivity index (χ2v) is 3.11. The minimum Gasteiger partial charge on any atom is -0.368 e. The van der Waals surface area contributed by atoms with Crippen molar-refractivity contribution in [3.05, 3.63) is 48.3 Å². The number of nitrogens with zero attached hydrogens (tertiary/aromatic N) is 3. The van der Waals surface area contributed by atoms with Gasteiger partial charge in [0.05, 0.1) is 0 Å². The van der Waals surface area contributed by atoms with Crippen LogP contribution in [0.15, 0.2) is 42.7 Å². The molecule has 0 unspecified atom stereocenters. The molecule has 5 nitrogen and oxygen atoms in total. The van der Waals surface area contributed by atoms with Crippen LogP contribution in [0.2, 0.25) is 0 Å². The molecule has 0 atom stereocenters. The zero-order valence-corrected chi connectivity index (χ0v) is 8.45. The van der Waals surface area contributed by atoms with Gasteiger partial charge in [0.25, 0.3) is 5.91 Å². The van der Waals surface area contributed by atoms with E-state index in [9.17, 15) is 4.79 Å². The van der Waals surface area contributed by atoms with Crippen LogP contribution in [0.4, 0.5) is 5.95 Å². The Bertz CT molecular complexity index is 516. The predicted octanol–water partition coefficient (Wildman–Crippen LogP) is 1.21. The van der Waals surface area contributed by atoms with Crippen LogP contribution >= 0.6 is 0 Å². The van der Waals surface area contributed by atoms with E-state index in [2.05, 4.69) is 10.1 Å². The topological polar surface area (TPSA) is 73.8 Å². The van der Waals surface area contributed by atoms with Crippen LogP contribution in [0.25, 0.3) is 6.08 Å². The van der Waals surface area contributed by atoms with E-state index in [1.807, 2.05) is 30.3 Å². The molecule has 2 N–H and O–H groups in total. The van der Waals surface area contributed by atoms with Crippen LogP contribution in [0.3, 0.4) is 0 Å². The normalized spacial score (nSPS) is 10.8. The summed E-state index contributed by atoms with van der Waals surface area (Å²) >= 11 is 0. The standard InChI is InChI=1S/C11H10N4O/c12-11-13-8-14-15(11)10(16)7-6-9-4-2-1-3-5-9/h1-8H,(H2,12,13,14)/b7-6+. The molecule has 0 spiro atoms. The van der Waals surface area contributed by atoms with Gasteiger partial charge in [0.2, 0.25) is 5.95 Å². The van der Waals surface area contributed by atoms with Crippen molar-refractivity contribution in [3.8, 4) is 0 Å². The molecule has 0 aliphatic carbocycles. The van der Waals surface area contributed by atoms with Gasteiger partial charge in [0.15, 0.2) is 0 Å². The predicted molar refractivity (Wildman–Crippen MR) is 60.5 cm³/mol. The summed E-state index contributed by atoms with van der Waals surface area (Å²) in [6.45, 7) is 0. The van der Waals surface area contributed by atoms with Crippen LogP contribution in [0, 0.1) is 0 Å². The van der Waals surface area contributed by atoms with Crippen LogP contribution < -0.4 is 5.73 Å². The Morgan fingerprint density at radius 1 is 1.31 bits per heavy atom. The maximum absolute atomic E-state index is 11.6. The number of carbonyl (C=O) groups excluding carboxylic acids is 1. The van der Waals surface area contributed by atoms with E-state index in [1.54, 1.807) is 6.08 Å². The zero-order chi connectivity index (χ0) is 11.4. The second-order valence-electron chi connectivity index (χ2n) is 3.11. The van der Waals surface area contributed by atoms with Crippen molar-refractivity contribution in [3.63, 3.8) is 0 Å². The highest BCUT2D eigenvalue weighted by atomic mass is 16.2. The average molecular weight is 214 g/mol. The zero-order valence-electron chi connectivity index (χ0n) is 8.45. The Morgan fingerprint density at radius 3 is 2.69 bits per heavy atom. The number of benzene rings is 1. The molecule has 2 rings (SSSR count). The van der Waals surface area contributed by atoms with Gasteiger partial charge in [-0.2, -0.15) is 14.8 Å². The third-order valence-corrected chi connectivity index (χ3v) is 2.00. The van der Waals surface area contributed by atoms with Crippen molar-refractivity contribution in [2.45, 2.75) is 0 Å². The third kappa shape index (κ3) is 2.14. The summed E-state index contributed by atoms with van der Waals surface area (Å²) < 4.78 is 1.04. The van der Waals surface area contributed by atoms with Crippen molar-refractivity contribution in [1.82, 2.24) is 14.8 Å². The summed E-state index contributed by atoms with van der Waals surface area (Å²) in [5.74, 6) is -0.235. The molecule has 1 aromatic heterocycles. The van der Waals surface area contributed by atoms with Crippen LogP contribution in [-0.2, 0) is 0 Å². The van der Waals surface area contributed by atoms with E-state index in [4.69, 9.17) is 5.73 Å². The monoisotopic (exact) mass is 214 g/mol. The molecule has 0 fully saturated rings. The molecule has 0 aliphatic heterocycles. The Balaban J connectivity index is 2.15. The van der Waals surface area contributed by atoms with Gasteiger partial charge in [-0.05, 0) is 11.6 Å². The van der Waals surface area contributed by atoms with E-state index in [0.717, 1.165) is 10.2 Å². The minimum absolute atomic E-state index is 0.0858. The maximum Gasteiger partial charge on any atom is 0.274 e. The van der Waals surface area contributed by atoms with Crippen LogP contribution in [-0.4, -0.2) is 20.7 Å². The molecule has 0 bridgehead atoms. The highest BCUT2D eigenvalue weighted by molar-refractivity contribution is 5.94. The van der Waals surface area contributed by atoms with Gasteiger partial charge >= 0.3 is 0 Å². The molecule has 0 saturated carbocycles. The second kappa shape index (κ2) is 4.39. The maximum atomic E-state index is 11.6. The number of anilines is 1. The first-order chi connectivity index (χ1) is 7.77. The lowest BCUT2D eigenvalue weighted by molar-refractivity contribution is 0.0958. The van der Waals surface area contributed by atoms with Crippen molar-refractivity contribution in [2.24, 2.45) is 0 Å². The smallest absolute Gasteiger partial charge is 0.274 e. The highest BCUT2D eigenvalue weighted by Crippen LogP contribution is 2.02. The number of aromatic nitrogens is 3. The molecule has 16 heavy (non-hydrogen) atoms. The number of hydrogen-bond donors (Lipinski definition) is 1. The van der Waals surface area contributed by atoms with Crippen molar-refractivity contribution < 1.29 is 4.79 Å². The summed E-state index contributed by atoms with van der Waals surface area (Å²) in [4.78, 5) is 15.3.